The molecule has 4 unspecified atom stereocenters. The highest BCUT2D eigenvalue weighted by atomic mass is 35.5. The van der Waals surface area contributed by atoms with Gasteiger partial charge in [0.2, 0.25) is 0 Å². The second kappa shape index (κ2) is 8.91. The van der Waals surface area contributed by atoms with Crippen LogP contribution in [0.25, 0.3) is 0 Å². The normalized spacial score (nSPS) is 27.4. The van der Waals surface area contributed by atoms with Crippen molar-refractivity contribution < 1.29 is 18.7 Å². The monoisotopic (exact) mass is 414 g/mol. The summed E-state index contributed by atoms with van der Waals surface area (Å²) in [6, 6.07) is 3.73. The van der Waals surface area contributed by atoms with Crippen LogP contribution in [0.15, 0.2) is 18.2 Å². The summed E-state index contributed by atoms with van der Waals surface area (Å²) in [6.07, 6.45) is -0.379. The van der Waals surface area contributed by atoms with E-state index in [1.54, 1.807) is 13.0 Å². The zero-order valence-electron chi connectivity index (χ0n) is 15.5. The zero-order chi connectivity index (χ0) is 20.3. The molecular formula is C17H24ClFN6O3. The van der Waals surface area contributed by atoms with Crippen molar-refractivity contribution in [1.82, 2.24) is 32.1 Å². The lowest BCUT2D eigenvalue weighted by molar-refractivity contribution is 0.158. The van der Waals surface area contributed by atoms with E-state index in [0.29, 0.717) is 18.5 Å². The molecule has 0 saturated carbocycles. The second-order valence-corrected chi connectivity index (χ2v) is 7.29. The molecule has 3 amide bonds. The van der Waals surface area contributed by atoms with Crippen LogP contribution in [0, 0.1) is 11.7 Å². The molecule has 2 saturated heterocycles. The molecule has 2 aliphatic rings. The number of hydrogen-bond acceptors (Lipinski definition) is 6. The minimum absolute atomic E-state index is 0.0153. The van der Waals surface area contributed by atoms with E-state index in [2.05, 4.69) is 36.9 Å². The number of nitrogens with one attached hydrogen (secondary N) is 6. The molecule has 2 heterocycles. The van der Waals surface area contributed by atoms with E-state index in [1.165, 1.54) is 19.2 Å². The number of methoxy groups -OCH3 is 1. The Morgan fingerprint density at radius 3 is 2.82 bits per heavy atom. The highest BCUT2D eigenvalue weighted by Gasteiger charge is 2.41. The number of benzene rings is 1. The zero-order valence-corrected chi connectivity index (χ0v) is 16.3. The van der Waals surface area contributed by atoms with Crippen molar-refractivity contribution in [2.75, 3.05) is 13.7 Å². The fraction of sp³-hybridized carbons (Fsp3) is 0.529. The van der Waals surface area contributed by atoms with Gasteiger partial charge in [0, 0.05) is 18.5 Å². The van der Waals surface area contributed by atoms with E-state index >= 15 is 0 Å². The standard InChI is InChI=1S/C17H24ClFN6O3/c1-8(9-3-4-12(19)11(18)5-9)21-16(26)22-14-6-13-10(7-20-14)15(25-24-13)23-17(27)28-2/h3-5,8,10,13-15,20,24-25H,6-7H2,1-2H3,(H,23,27)(H2,21,22,26)/t8-,10?,13?,14?,15?/m1/s1. The number of alkyl carbamates (subject to hydrolysis) is 1. The van der Waals surface area contributed by atoms with Gasteiger partial charge in [0.1, 0.15) is 12.0 Å². The molecule has 0 radical (unpaired) electrons. The first-order valence-electron chi connectivity index (χ1n) is 8.98. The molecule has 0 aliphatic carbocycles. The topological polar surface area (TPSA) is 116 Å². The van der Waals surface area contributed by atoms with Gasteiger partial charge in [0.05, 0.1) is 24.3 Å². The number of fused-ring (bicyclic) bond motifs is 1. The molecule has 2 aliphatic heterocycles. The molecule has 6 N–H and O–H groups in total. The van der Waals surface area contributed by atoms with Crippen LogP contribution < -0.4 is 32.1 Å². The Labute approximate surface area is 167 Å². The van der Waals surface area contributed by atoms with Gasteiger partial charge in [-0.05, 0) is 31.0 Å². The minimum Gasteiger partial charge on any atom is -0.453 e. The summed E-state index contributed by atoms with van der Waals surface area (Å²) in [4.78, 5) is 23.7. The highest BCUT2D eigenvalue weighted by molar-refractivity contribution is 6.30. The summed E-state index contributed by atoms with van der Waals surface area (Å²) >= 11 is 5.79. The first-order chi connectivity index (χ1) is 13.4. The highest BCUT2D eigenvalue weighted by Crippen LogP contribution is 2.22. The SMILES string of the molecule is COC(=O)NC1NNC2CC(NC(=O)N[C@H](C)c3ccc(F)c(Cl)c3)NCC21. The van der Waals surface area contributed by atoms with E-state index in [0.717, 1.165) is 0 Å². The number of hydrogen-bond donors (Lipinski definition) is 6. The fourth-order valence-corrected chi connectivity index (χ4v) is 3.64. The van der Waals surface area contributed by atoms with Gasteiger partial charge in [-0.2, -0.15) is 0 Å². The maximum absolute atomic E-state index is 13.3. The average Bonchev–Trinajstić information content (AvgIpc) is 3.05. The van der Waals surface area contributed by atoms with Crippen LogP contribution in [0.5, 0.6) is 0 Å². The van der Waals surface area contributed by atoms with Crippen molar-refractivity contribution in [3.05, 3.63) is 34.6 Å². The molecule has 154 valence electrons. The van der Waals surface area contributed by atoms with Gasteiger partial charge in [-0.1, -0.05) is 17.7 Å². The van der Waals surface area contributed by atoms with E-state index < -0.39 is 11.9 Å². The van der Waals surface area contributed by atoms with Crippen LogP contribution in [0.1, 0.15) is 24.9 Å². The lowest BCUT2D eigenvalue weighted by Gasteiger charge is -2.34. The summed E-state index contributed by atoms with van der Waals surface area (Å²) in [7, 11) is 1.31. The smallest absolute Gasteiger partial charge is 0.408 e. The van der Waals surface area contributed by atoms with Gasteiger partial charge >= 0.3 is 12.1 Å². The number of ether oxygens (including phenoxy) is 1. The number of carbonyl (C=O) groups is 2. The second-order valence-electron chi connectivity index (χ2n) is 6.88. The third-order valence-electron chi connectivity index (χ3n) is 5.01. The van der Waals surface area contributed by atoms with Gasteiger partial charge in [-0.15, -0.1) is 0 Å². The maximum Gasteiger partial charge on any atom is 0.408 e. The third kappa shape index (κ3) is 4.82. The van der Waals surface area contributed by atoms with Gasteiger partial charge in [0.15, 0.2) is 0 Å². The van der Waals surface area contributed by atoms with E-state index in [9.17, 15) is 14.0 Å². The number of carbonyl (C=O) groups excluding carboxylic acids is 2. The van der Waals surface area contributed by atoms with Crippen molar-refractivity contribution >= 4 is 23.7 Å². The molecule has 0 aromatic heterocycles. The van der Waals surface area contributed by atoms with E-state index in [4.69, 9.17) is 11.6 Å². The number of piperidine rings is 1. The molecule has 11 heteroatoms. The van der Waals surface area contributed by atoms with E-state index in [-0.39, 0.29) is 41.4 Å². The fourth-order valence-electron chi connectivity index (χ4n) is 3.45. The lowest BCUT2D eigenvalue weighted by atomic mass is 9.91. The van der Waals surface area contributed by atoms with Crippen molar-refractivity contribution in [1.29, 1.82) is 0 Å². The predicted molar refractivity (Wildman–Crippen MR) is 101 cm³/mol. The van der Waals surface area contributed by atoms with Crippen molar-refractivity contribution in [3.8, 4) is 0 Å². The van der Waals surface area contributed by atoms with Crippen LogP contribution in [0.3, 0.4) is 0 Å². The Balaban J connectivity index is 1.48. The summed E-state index contributed by atoms with van der Waals surface area (Å²) in [6.45, 7) is 2.38. The molecule has 5 atom stereocenters. The van der Waals surface area contributed by atoms with Crippen molar-refractivity contribution in [3.63, 3.8) is 0 Å². The Morgan fingerprint density at radius 1 is 1.32 bits per heavy atom. The van der Waals surface area contributed by atoms with Crippen molar-refractivity contribution in [2.24, 2.45) is 5.92 Å². The van der Waals surface area contributed by atoms with Gasteiger partial charge in [-0.3, -0.25) is 10.7 Å². The lowest BCUT2D eigenvalue weighted by Crippen LogP contribution is -2.59. The summed E-state index contributed by atoms with van der Waals surface area (Å²) < 4.78 is 17.9. The third-order valence-corrected chi connectivity index (χ3v) is 5.30. The van der Waals surface area contributed by atoms with Crippen LogP contribution in [0.2, 0.25) is 5.02 Å². The predicted octanol–water partition coefficient (Wildman–Crippen LogP) is 0.933. The van der Waals surface area contributed by atoms with Crippen LogP contribution in [-0.2, 0) is 4.74 Å². The van der Waals surface area contributed by atoms with Gasteiger partial charge in [-0.25, -0.2) is 19.4 Å². The molecule has 1 aromatic carbocycles. The van der Waals surface area contributed by atoms with Crippen LogP contribution in [-0.4, -0.2) is 44.2 Å². The summed E-state index contributed by atoms with van der Waals surface area (Å²) in [5, 5.41) is 11.7. The van der Waals surface area contributed by atoms with E-state index in [1.807, 2.05) is 0 Å². The van der Waals surface area contributed by atoms with Gasteiger partial charge in [0.25, 0.3) is 0 Å². The Hall–Kier alpha value is -2.14. The quantitative estimate of drug-likeness (QED) is 0.437. The number of hydrazine groups is 1. The largest absolute Gasteiger partial charge is 0.453 e. The number of urea groups is 1. The van der Waals surface area contributed by atoms with Gasteiger partial charge < -0.3 is 20.7 Å². The van der Waals surface area contributed by atoms with Crippen LogP contribution in [0.4, 0.5) is 14.0 Å². The minimum atomic E-state index is -0.505. The number of amides is 3. The van der Waals surface area contributed by atoms with Crippen LogP contribution >= 0.6 is 11.6 Å². The number of halogens is 2. The first-order valence-corrected chi connectivity index (χ1v) is 9.36. The summed E-state index contributed by atoms with van der Waals surface area (Å²) in [5.41, 5.74) is 6.87. The molecular weight excluding hydrogens is 391 g/mol. The summed E-state index contributed by atoms with van der Waals surface area (Å²) in [5.74, 6) is -0.388. The number of rotatable bonds is 4. The molecule has 28 heavy (non-hydrogen) atoms. The molecule has 2 fully saturated rings. The average molecular weight is 415 g/mol. The first kappa shape index (κ1) is 20.6. The Bertz CT molecular complexity index is 739. The molecule has 0 spiro atoms. The Kier molecular flexibility index (Phi) is 6.55. The molecule has 0 bridgehead atoms. The molecule has 3 rings (SSSR count). The molecule has 1 aromatic rings. The Morgan fingerprint density at radius 2 is 2.11 bits per heavy atom. The molecule has 9 nitrogen and oxygen atoms in total. The maximum atomic E-state index is 13.3. The van der Waals surface area contributed by atoms with Crippen molar-refractivity contribution in [2.45, 2.75) is 37.8 Å².